The van der Waals surface area contributed by atoms with Crippen LogP contribution in [0.15, 0.2) is 30.6 Å². The van der Waals surface area contributed by atoms with Gasteiger partial charge in [-0.3, -0.25) is 4.79 Å². The third-order valence-corrected chi connectivity index (χ3v) is 4.82. The van der Waals surface area contributed by atoms with Crippen LogP contribution < -0.4 is 10.6 Å². The summed E-state index contributed by atoms with van der Waals surface area (Å²) in [6.07, 6.45) is 1.49. The molecule has 0 saturated heterocycles. The highest BCUT2D eigenvalue weighted by atomic mass is 32.1. The zero-order valence-corrected chi connectivity index (χ0v) is 14.2. The van der Waals surface area contributed by atoms with E-state index in [9.17, 15) is 9.18 Å². The van der Waals surface area contributed by atoms with E-state index in [-0.39, 0.29) is 18.3 Å². The van der Waals surface area contributed by atoms with Gasteiger partial charge in [0.1, 0.15) is 22.8 Å². The molecule has 5 nitrogen and oxygen atoms in total. The molecule has 0 bridgehead atoms. The summed E-state index contributed by atoms with van der Waals surface area (Å²) in [6, 6.07) is 6.19. The Kier molecular flexibility index (Phi) is 4.71. The molecule has 2 aromatic heterocycles. The van der Waals surface area contributed by atoms with Gasteiger partial charge in [-0.2, -0.15) is 0 Å². The number of nitrogens with one attached hydrogen (secondary N) is 2. The van der Waals surface area contributed by atoms with Crippen LogP contribution in [0.5, 0.6) is 0 Å². The molecule has 0 unspecified atom stereocenters. The number of hydrogen-bond donors (Lipinski definition) is 2. The predicted molar refractivity (Wildman–Crippen MR) is 93.9 cm³/mol. The molecule has 24 heavy (non-hydrogen) atoms. The third-order valence-electron chi connectivity index (χ3n) is 3.62. The normalized spacial score (nSPS) is 10.8. The molecule has 2 heterocycles. The summed E-state index contributed by atoms with van der Waals surface area (Å²) >= 11 is 1.33. The number of aromatic nitrogens is 2. The molecule has 0 fully saturated rings. The minimum Gasteiger partial charge on any atom is -0.370 e. The van der Waals surface area contributed by atoms with Crippen molar-refractivity contribution in [2.75, 3.05) is 11.9 Å². The molecule has 0 spiro atoms. The number of anilines is 1. The zero-order valence-electron chi connectivity index (χ0n) is 13.4. The van der Waals surface area contributed by atoms with E-state index >= 15 is 0 Å². The van der Waals surface area contributed by atoms with Gasteiger partial charge in [0.15, 0.2) is 0 Å². The van der Waals surface area contributed by atoms with Gasteiger partial charge in [0.2, 0.25) is 0 Å². The fourth-order valence-electron chi connectivity index (χ4n) is 2.50. The van der Waals surface area contributed by atoms with E-state index in [4.69, 9.17) is 0 Å². The fourth-order valence-corrected chi connectivity index (χ4v) is 3.56. The fraction of sp³-hybridized carbons (Fsp3) is 0.235. The van der Waals surface area contributed by atoms with Gasteiger partial charge in [-0.1, -0.05) is 12.1 Å². The maximum Gasteiger partial charge on any atom is 0.261 e. The average molecular weight is 344 g/mol. The van der Waals surface area contributed by atoms with Crippen molar-refractivity contribution in [2.45, 2.75) is 20.4 Å². The van der Waals surface area contributed by atoms with E-state index in [1.807, 2.05) is 13.8 Å². The second-order valence-electron chi connectivity index (χ2n) is 5.30. The smallest absolute Gasteiger partial charge is 0.261 e. The molecular weight excluding hydrogens is 327 g/mol. The number of halogens is 1. The highest BCUT2D eigenvalue weighted by molar-refractivity contribution is 7.20. The van der Waals surface area contributed by atoms with E-state index in [1.54, 1.807) is 12.1 Å². The van der Waals surface area contributed by atoms with E-state index in [0.717, 1.165) is 33.7 Å². The lowest BCUT2D eigenvalue weighted by Crippen LogP contribution is -2.22. The number of nitrogens with zero attached hydrogens (tertiary/aromatic N) is 2. The molecule has 7 heteroatoms. The maximum atomic E-state index is 13.2. The monoisotopic (exact) mass is 344 g/mol. The van der Waals surface area contributed by atoms with Crippen molar-refractivity contribution in [3.63, 3.8) is 0 Å². The quantitative estimate of drug-likeness (QED) is 0.743. The molecule has 0 aliphatic rings. The lowest BCUT2D eigenvalue weighted by atomic mass is 10.2. The summed E-state index contributed by atoms with van der Waals surface area (Å²) in [5.41, 5.74) is 1.57. The largest absolute Gasteiger partial charge is 0.370 e. The maximum absolute atomic E-state index is 13.2. The van der Waals surface area contributed by atoms with Crippen LogP contribution in [0.3, 0.4) is 0 Å². The standard InChI is InChI=1S/C17H17FN4OS/c1-3-19-15-13-10(2)14(24-17(13)22-9-21-15)16(23)20-8-11-5-4-6-12(18)7-11/h4-7,9H,3,8H2,1-2H3,(H,20,23)(H,19,21,22). The van der Waals surface area contributed by atoms with E-state index in [1.165, 1.54) is 29.8 Å². The second kappa shape index (κ2) is 6.92. The van der Waals surface area contributed by atoms with Crippen LogP contribution in [0, 0.1) is 12.7 Å². The summed E-state index contributed by atoms with van der Waals surface area (Å²) in [7, 11) is 0. The van der Waals surface area contributed by atoms with Crippen molar-refractivity contribution >= 4 is 33.3 Å². The van der Waals surface area contributed by atoms with Crippen LogP contribution in [-0.2, 0) is 6.54 Å². The lowest BCUT2D eigenvalue weighted by Gasteiger charge is -2.06. The SMILES string of the molecule is CCNc1ncnc2sc(C(=O)NCc3cccc(F)c3)c(C)c12. The topological polar surface area (TPSA) is 66.9 Å². The third kappa shape index (κ3) is 3.21. The van der Waals surface area contributed by atoms with E-state index < -0.39 is 0 Å². The van der Waals surface area contributed by atoms with Crippen LogP contribution in [-0.4, -0.2) is 22.4 Å². The Balaban J connectivity index is 1.85. The van der Waals surface area contributed by atoms with Crippen LogP contribution in [0.1, 0.15) is 27.7 Å². The first-order valence-corrected chi connectivity index (χ1v) is 8.42. The lowest BCUT2D eigenvalue weighted by molar-refractivity contribution is 0.0954. The van der Waals surface area contributed by atoms with Crippen molar-refractivity contribution < 1.29 is 9.18 Å². The van der Waals surface area contributed by atoms with Gasteiger partial charge in [0, 0.05) is 13.1 Å². The van der Waals surface area contributed by atoms with E-state index in [0.29, 0.717) is 4.88 Å². The van der Waals surface area contributed by atoms with Crippen LogP contribution in [0.4, 0.5) is 10.2 Å². The molecule has 0 atom stereocenters. The Morgan fingerprint density at radius 1 is 1.33 bits per heavy atom. The van der Waals surface area contributed by atoms with Gasteiger partial charge in [-0.15, -0.1) is 11.3 Å². The van der Waals surface area contributed by atoms with Crippen LogP contribution in [0.25, 0.3) is 10.2 Å². The first kappa shape index (κ1) is 16.3. The summed E-state index contributed by atoms with van der Waals surface area (Å²) < 4.78 is 13.2. The number of fused-ring (bicyclic) bond motifs is 1. The van der Waals surface area contributed by atoms with Crippen molar-refractivity contribution in [1.29, 1.82) is 0 Å². The summed E-state index contributed by atoms with van der Waals surface area (Å²) in [5.74, 6) is 0.230. The molecule has 3 aromatic rings. The number of benzene rings is 1. The Hall–Kier alpha value is -2.54. The Morgan fingerprint density at radius 3 is 2.92 bits per heavy atom. The molecule has 0 radical (unpaired) electrons. The minimum absolute atomic E-state index is 0.192. The highest BCUT2D eigenvalue weighted by Gasteiger charge is 2.18. The highest BCUT2D eigenvalue weighted by Crippen LogP contribution is 2.33. The molecule has 2 N–H and O–H groups in total. The van der Waals surface area contributed by atoms with Gasteiger partial charge >= 0.3 is 0 Å². The minimum atomic E-state index is -0.314. The molecule has 0 aliphatic carbocycles. The predicted octanol–water partition coefficient (Wildman–Crippen LogP) is 3.50. The van der Waals surface area contributed by atoms with Crippen LogP contribution in [0.2, 0.25) is 0 Å². The molecule has 1 amide bonds. The summed E-state index contributed by atoms with van der Waals surface area (Å²) in [6.45, 7) is 4.89. The number of rotatable bonds is 5. The molecule has 0 aliphatic heterocycles. The molecule has 0 saturated carbocycles. The Labute approximate surface area is 143 Å². The first-order valence-electron chi connectivity index (χ1n) is 7.60. The number of thiophene rings is 1. The molecule has 124 valence electrons. The Bertz CT molecular complexity index is 893. The summed E-state index contributed by atoms with van der Waals surface area (Å²) in [4.78, 5) is 22.4. The van der Waals surface area contributed by atoms with Crippen LogP contribution >= 0.6 is 11.3 Å². The van der Waals surface area contributed by atoms with Crippen molar-refractivity contribution in [3.05, 3.63) is 52.4 Å². The molecule has 3 rings (SSSR count). The first-order chi connectivity index (χ1) is 11.6. The number of amides is 1. The number of carbonyl (C=O) groups excluding carboxylic acids is 1. The van der Waals surface area contributed by atoms with Gasteiger partial charge in [0.05, 0.1) is 10.3 Å². The average Bonchev–Trinajstić information content (AvgIpc) is 2.91. The van der Waals surface area contributed by atoms with E-state index in [2.05, 4.69) is 20.6 Å². The summed E-state index contributed by atoms with van der Waals surface area (Å²) in [5, 5.41) is 6.90. The van der Waals surface area contributed by atoms with Crippen molar-refractivity contribution in [3.8, 4) is 0 Å². The number of aryl methyl sites for hydroxylation is 1. The molecular formula is C17H17FN4OS. The number of carbonyl (C=O) groups is 1. The van der Waals surface area contributed by atoms with Crippen molar-refractivity contribution in [2.24, 2.45) is 0 Å². The number of hydrogen-bond acceptors (Lipinski definition) is 5. The van der Waals surface area contributed by atoms with Gasteiger partial charge < -0.3 is 10.6 Å². The van der Waals surface area contributed by atoms with Crippen molar-refractivity contribution in [1.82, 2.24) is 15.3 Å². The van der Waals surface area contributed by atoms with Gasteiger partial charge in [0.25, 0.3) is 5.91 Å². The second-order valence-corrected chi connectivity index (χ2v) is 6.30. The van der Waals surface area contributed by atoms with Gasteiger partial charge in [-0.05, 0) is 37.1 Å². The molecule has 1 aromatic carbocycles. The zero-order chi connectivity index (χ0) is 17.1. The van der Waals surface area contributed by atoms with Gasteiger partial charge in [-0.25, -0.2) is 14.4 Å². The Morgan fingerprint density at radius 2 is 2.17 bits per heavy atom.